The molecule has 0 fully saturated rings. The second-order valence-corrected chi connectivity index (χ2v) is 8.17. The number of nitrogens with zero attached hydrogens (tertiary/aromatic N) is 3. The van der Waals surface area contributed by atoms with E-state index in [-0.39, 0.29) is 11.9 Å². The Kier molecular flexibility index (Phi) is 5.64. The van der Waals surface area contributed by atoms with Crippen LogP contribution >= 0.6 is 23.4 Å². The largest absolute Gasteiger partial charge is 0.497 e. The molecule has 150 valence electrons. The van der Waals surface area contributed by atoms with Crippen molar-refractivity contribution in [3.63, 3.8) is 0 Å². The van der Waals surface area contributed by atoms with Crippen molar-refractivity contribution < 1.29 is 9.53 Å². The number of fused-ring (bicyclic) bond motifs is 1. The van der Waals surface area contributed by atoms with E-state index in [1.165, 1.54) is 11.8 Å². The highest BCUT2D eigenvalue weighted by atomic mass is 35.5. The first-order valence-electron chi connectivity index (χ1n) is 9.06. The monoisotopic (exact) mass is 429 g/mol. The number of hydrogen-bond donors (Lipinski definition) is 2. The molecule has 29 heavy (non-hydrogen) atoms. The Labute approximate surface area is 177 Å². The van der Waals surface area contributed by atoms with E-state index in [9.17, 15) is 4.79 Å². The molecule has 7 nitrogen and oxygen atoms in total. The van der Waals surface area contributed by atoms with Gasteiger partial charge in [-0.1, -0.05) is 47.6 Å². The quantitative estimate of drug-likeness (QED) is 0.647. The molecule has 1 amide bonds. The average Bonchev–Trinajstić information content (AvgIpc) is 3.12. The number of rotatable bonds is 5. The Morgan fingerprint density at radius 3 is 2.62 bits per heavy atom. The Balaban J connectivity index is 1.54. The van der Waals surface area contributed by atoms with E-state index in [1.807, 2.05) is 60.1 Å². The third-order valence-corrected chi connectivity index (χ3v) is 6.18. The van der Waals surface area contributed by atoms with Gasteiger partial charge in [0.1, 0.15) is 16.8 Å². The fourth-order valence-electron chi connectivity index (χ4n) is 3.11. The van der Waals surface area contributed by atoms with Gasteiger partial charge in [0.05, 0.1) is 13.2 Å². The van der Waals surface area contributed by atoms with Crippen molar-refractivity contribution in [3.8, 4) is 5.75 Å². The Bertz CT molecular complexity index is 1010. The summed E-state index contributed by atoms with van der Waals surface area (Å²) in [4.78, 5) is 13.1. The molecule has 9 heteroatoms. The van der Waals surface area contributed by atoms with Crippen molar-refractivity contribution in [2.75, 3.05) is 12.5 Å². The summed E-state index contributed by atoms with van der Waals surface area (Å²) >= 11 is 7.43. The van der Waals surface area contributed by atoms with Gasteiger partial charge in [0, 0.05) is 11.6 Å². The highest BCUT2D eigenvalue weighted by Gasteiger charge is 2.37. The second-order valence-electron chi connectivity index (χ2n) is 6.63. The number of carbonyl (C=O) groups is 1. The minimum atomic E-state index is -0.412. The van der Waals surface area contributed by atoms with Gasteiger partial charge in [-0.2, -0.15) is 0 Å². The summed E-state index contributed by atoms with van der Waals surface area (Å²) in [6, 6.07) is 14.9. The molecule has 4 rings (SSSR count). The van der Waals surface area contributed by atoms with Gasteiger partial charge in [-0.05, 0) is 42.3 Å². The lowest BCUT2D eigenvalue weighted by Crippen LogP contribution is -2.44. The number of benzene rings is 2. The maximum Gasteiger partial charge on any atom is 0.236 e. The number of carbonyl (C=O) groups excluding carboxylic acids is 1. The summed E-state index contributed by atoms with van der Waals surface area (Å²) in [6.07, 6.45) is 0. The van der Waals surface area contributed by atoms with E-state index >= 15 is 0 Å². The van der Waals surface area contributed by atoms with E-state index in [2.05, 4.69) is 20.9 Å². The number of halogens is 1. The van der Waals surface area contributed by atoms with Crippen LogP contribution in [0.5, 0.6) is 5.75 Å². The summed E-state index contributed by atoms with van der Waals surface area (Å²) in [7, 11) is 1.63. The fourth-order valence-corrected chi connectivity index (χ4v) is 4.39. The summed E-state index contributed by atoms with van der Waals surface area (Å²) in [5.74, 6) is 1.44. The van der Waals surface area contributed by atoms with E-state index in [0.29, 0.717) is 16.7 Å². The third kappa shape index (κ3) is 4.18. The summed E-state index contributed by atoms with van der Waals surface area (Å²) in [5, 5.41) is 12.2. The van der Waals surface area contributed by atoms with Gasteiger partial charge in [-0.25, -0.2) is 4.68 Å². The molecular weight excluding hydrogens is 410 g/mol. The average molecular weight is 430 g/mol. The lowest BCUT2D eigenvalue weighted by atomic mass is 10.0. The molecule has 2 atom stereocenters. The minimum absolute atomic E-state index is 0.0785. The first kappa shape index (κ1) is 19.6. The van der Waals surface area contributed by atoms with Gasteiger partial charge in [0.2, 0.25) is 11.1 Å². The Morgan fingerprint density at radius 1 is 1.21 bits per heavy atom. The number of aryl methyl sites for hydroxylation is 1. The highest BCUT2D eigenvalue weighted by Crippen LogP contribution is 2.37. The molecule has 2 N–H and O–H groups in total. The van der Waals surface area contributed by atoms with Crippen LogP contribution in [-0.2, 0) is 11.3 Å². The van der Waals surface area contributed by atoms with Crippen LogP contribution in [0.2, 0.25) is 5.02 Å². The second kappa shape index (κ2) is 8.34. The van der Waals surface area contributed by atoms with Crippen LogP contribution in [0, 0.1) is 6.92 Å². The van der Waals surface area contributed by atoms with Crippen LogP contribution in [0.3, 0.4) is 0 Å². The maximum absolute atomic E-state index is 13.1. The predicted molar refractivity (Wildman–Crippen MR) is 113 cm³/mol. The van der Waals surface area contributed by atoms with E-state index in [0.717, 1.165) is 22.7 Å². The lowest BCUT2D eigenvalue weighted by molar-refractivity contribution is -0.121. The molecule has 1 aromatic heterocycles. The molecule has 1 aliphatic rings. The topological polar surface area (TPSA) is 81.1 Å². The normalized spacial score (nSPS) is 17.9. The zero-order chi connectivity index (χ0) is 20.4. The zero-order valence-corrected chi connectivity index (χ0v) is 17.5. The van der Waals surface area contributed by atoms with Crippen LogP contribution in [0.4, 0.5) is 0 Å². The SMILES string of the molecule is COc1ccc(CNC(=O)[C@H]2Sc3nnc(C)n3N[C@H]2c2ccc(Cl)cc2)cc1. The van der Waals surface area contributed by atoms with Crippen molar-refractivity contribution in [1.82, 2.24) is 20.2 Å². The van der Waals surface area contributed by atoms with Crippen molar-refractivity contribution in [2.24, 2.45) is 0 Å². The van der Waals surface area contributed by atoms with Crippen LogP contribution in [-0.4, -0.2) is 33.1 Å². The van der Waals surface area contributed by atoms with Crippen LogP contribution < -0.4 is 15.5 Å². The smallest absolute Gasteiger partial charge is 0.236 e. The van der Waals surface area contributed by atoms with Crippen molar-refractivity contribution in [3.05, 3.63) is 70.5 Å². The van der Waals surface area contributed by atoms with Crippen molar-refractivity contribution in [2.45, 2.75) is 29.9 Å². The van der Waals surface area contributed by atoms with Gasteiger partial charge in [-0.3, -0.25) is 4.79 Å². The summed E-state index contributed by atoms with van der Waals surface area (Å²) in [5.41, 5.74) is 5.33. The van der Waals surface area contributed by atoms with Gasteiger partial charge in [0.15, 0.2) is 0 Å². The number of thioether (sulfide) groups is 1. The maximum atomic E-state index is 13.1. The molecule has 0 unspecified atom stereocenters. The first-order chi connectivity index (χ1) is 14.0. The van der Waals surface area contributed by atoms with Crippen molar-refractivity contribution >= 4 is 29.3 Å². The van der Waals surface area contributed by atoms with Crippen LogP contribution in [0.25, 0.3) is 0 Å². The van der Waals surface area contributed by atoms with Crippen LogP contribution in [0.15, 0.2) is 53.7 Å². The number of nitrogens with one attached hydrogen (secondary N) is 2. The number of hydrogen-bond acceptors (Lipinski definition) is 6. The summed E-state index contributed by atoms with van der Waals surface area (Å²) < 4.78 is 6.99. The molecule has 0 bridgehead atoms. The number of aromatic nitrogens is 3. The highest BCUT2D eigenvalue weighted by molar-refractivity contribution is 8.00. The third-order valence-electron chi connectivity index (χ3n) is 4.71. The number of methoxy groups -OCH3 is 1. The van der Waals surface area contributed by atoms with E-state index in [1.54, 1.807) is 7.11 Å². The lowest BCUT2D eigenvalue weighted by Gasteiger charge is -2.32. The van der Waals surface area contributed by atoms with Gasteiger partial charge in [0.25, 0.3) is 0 Å². The molecule has 2 heterocycles. The first-order valence-corrected chi connectivity index (χ1v) is 10.3. The molecule has 2 aromatic carbocycles. The Hall–Kier alpha value is -2.71. The van der Waals surface area contributed by atoms with E-state index < -0.39 is 5.25 Å². The standard InChI is InChI=1S/C20H20ClN5O2S/c1-12-23-24-20-26(12)25-17(14-5-7-15(21)8-6-14)18(29-20)19(27)22-11-13-3-9-16(28-2)10-4-13/h3-10,17-18,25H,11H2,1-2H3,(H,22,27)/t17-,18-/m0/s1. The summed E-state index contributed by atoms with van der Waals surface area (Å²) in [6.45, 7) is 2.30. The van der Waals surface area contributed by atoms with Crippen LogP contribution in [0.1, 0.15) is 23.0 Å². The van der Waals surface area contributed by atoms with Crippen molar-refractivity contribution in [1.29, 1.82) is 0 Å². The van der Waals surface area contributed by atoms with Gasteiger partial charge < -0.3 is 15.5 Å². The minimum Gasteiger partial charge on any atom is -0.497 e. The molecule has 0 radical (unpaired) electrons. The number of ether oxygens (including phenoxy) is 1. The molecule has 0 aliphatic carbocycles. The fraction of sp³-hybridized carbons (Fsp3) is 0.250. The molecule has 0 saturated heterocycles. The molecule has 3 aromatic rings. The predicted octanol–water partition coefficient (Wildman–Crippen LogP) is 3.32. The molecule has 0 spiro atoms. The number of amides is 1. The Morgan fingerprint density at radius 2 is 1.93 bits per heavy atom. The van der Waals surface area contributed by atoms with Gasteiger partial charge >= 0.3 is 0 Å². The molecule has 0 saturated carbocycles. The molecule has 1 aliphatic heterocycles. The molecular formula is C20H20ClN5O2S. The van der Waals surface area contributed by atoms with E-state index in [4.69, 9.17) is 16.3 Å². The zero-order valence-electron chi connectivity index (χ0n) is 15.9. The van der Waals surface area contributed by atoms with Gasteiger partial charge in [-0.15, -0.1) is 10.2 Å².